The summed E-state index contributed by atoms with van der Waals surface area (Å²) < 4.78 is 2.38. The molecule has 2 bridgehead atoms. The summed E-state index contributed by atoms with van der Waals surface area (Å²) in [6, 6.07) is 1.33. The fourth-order valence-corrected chi connectivity index (χ4v) is 7.39. The van der Waals surface area contributed by atoms with Crippen molar-refractivity contribution in [1.29, 1.82) is 0 Å². The minimum atomic E-state index is 0.294. The van der Waals surface area contributed by atoms with E-state index in [-0.39, 0.29) is 0 Å². The van der Waals surface area contributed by atoms with Gasteiger partial charge in [0.25, 0.3) is 0 Å². The van der Waals surface area contributed by atoms with Crippen LogP contribution in [0.1, 0.15) is 102 Å². The molecule has 5 nitrogen and oxygen atoms in total. The zero-order valence-electron chi connectivity index (χ0n) is 19.2. The summed E-state index contributed by atoms with van der Waals surface area (Å²) in [6.45, 7) is 7.83. The fourth-order valence-electron chi connectivity index (χ4n) is 7.39. The van der Waals surface area contributed by atoms with E-state index >= 15 is 0 Å². The van der Waals surface area contributed by atoms with E-state index in [0.717, 1.165) is 30.9 Å². The standard InChI is InChI=1S/C24H39BN4O/c1-23(2)16-11-12-24(3,14-16)22(23)28-30-15-20-19-13-17(26-25)9-10-21(19)29(27-20)18-7-5-4-6-8-18/h16-18,22,26,28H,4-15H2,1-3H3. The van der Waals surface area contributed by atoms with E-state index in [9.17, 15) is 0 Å². The molecule has 0 aromatic carbocycles. The molecule has 4 unspecified atom stereocenters. The fraction of sp³-hybridized carbons (Fsp3) is 0.875. The van der Waals surface area contributed by atoms with Crippen LogP contribution in [-0.4, -0.2) is 29.8 Å². The molecule has 3 fully saturated rings. The van der Waals surface area contributed by atoms with Gasteiger partial charge in [-0.3, -0.25) is 9.52 Å². The lowest BCUT2D eigenvalue weighted by atomic mass is 9.69. The normalized spacial score (nSPS) is 35.6. The van der Waals surface area contributed by atoms with Crippen molar-refractivity contribution in [2.75, 3.05) is 0 Å². The van der Waals surface area contributed by atoms with Crippen LogP contribution in [0, 0.1) is 16.7 Å². The summed E-state index contributed by atoms with van der Waals surface area (Å²) in [6.07, 6.45) is 13.7. The molecule has 4 atom stereocenters. The first-order chi connectivity index (χ1) is 14.4. The number of nitrogens with one attached hydrogen (secondary N) is 2. The van der Waals surface area contributed by atoms with Crippen LogP contribution in [0.15, 0.2) is 0 Å². The molecule has 4 aliphatic carbocycles. The van der Waals surface area contributed by atoms with Crippen LogP contribution in [0.2, 0.25) is 0 Å². The molecule has 5 rings (SSSR count). The number of hydrogen-bond acceptors (Lipinski definition) is 4. The predicted molar refractivity (Wildman–Crippen MR) is 120 cm³/mol. The lowest BCUT2D eigenvalue weighted by Gasteiger charge is -2.42. The summed E-state index contributed by atoms with van der Waals surface area (Å²) in [5.41, 5.74) is 8.13. The van der Waals surface area contributed by atoms with Crippen molar-refractivity contribution < 1.29 is 4.84 Å². The monoisotopic (exact) mass is 410 g/mol. The minimum absolute atomic E-state index is 0.294. The Bertz CT molecular complexity index is 767. The summed E-state index contributed by atoms with van der Waals surface area (Å²) >= 11 is 0. The van der Waals surface area contributed by atoms with Gasteiger partial charge in [-0.25, -0.2) is 0 Å². The van der Waals surface area contributed by atoms with Gasteiger partial charge in [0, 0.05) is 23.3 Å². The molecule has 4 aliphatic rings. The SMILES string of the molecule is [B]NC1CCc2c(c(CONC3C4(C)CCC(C4)C3(C)C)nn2C2CCCCC2)C1. The van der Waals surface area contributed by atoms with Crippen molar-refractivity contribution in [3.63, 3.8) is 0 Å². The van der Waals surface area contributed by atoms with E-state index in [1.54, 1.807) is 0 Å². The van der Waals surface area contributed by atoms with Crippen LogP contribution in [0.3, 0.4) is 0 Å². The number of nitrogens with zero attached hydrogens (tertiary/aromatic N) is 2. The third-order valence-corrected chi connectivity index (χ3v) is 9.22. The van der Waals surface area contributed by atoms with E-state index in [4.69, 9.17) is 17.9 Å². The molecular formula is C24H39BN4O. The third kappa shape index (κ3) is 3.47. The highest BCUT2D eigenvalue weighted by Gasteiger charge is 2.59. The molecule has 1 heterocycles. The van der Waals surface area contributed by atoms with Gasteiger partial charge in [0.2, 0.25) is 0 Å². The van der Waals surface area contributed by atoms with Gasteiger partial charge in [0.1, 0.15) is 6.61 Å². The van der Waals surface area contributed by atoms with Gasteiger partial charge < -0.3 is 5.23 Å². The first-order valence-electron chi connectivity index (χ1n) is 12.3. The van der Waals surface area contributed by atoms with Crippen LogP contribution >= 0.6 is 0 Å². The summed E-state index contributed by atoms with van der Waals surface area (Å²) in [5.74, 6) is 0.818. The Morgan fingerprint density at radius 2 is 1.93 bits per heavy atom. The van der Waals surface area contributed by atoms with Crippen LogP contribution in [0.4, 0.5) is 0 Å². The maximum Gasteiger partial charge on any atom is 0.178 e. The van der Waals surface area contributed by atoms with Crippen molar-refractivity contribution in [3.05, 3.63) is 17.0 Å². The molecule has 164 valence electrons. The summed E-state index contributed by atoms with van der Waals surface area (Å²) in [4.78, 5) is 6.22. The lowest BCUT2D eigenvalue weighted by Crippen LogP contribution is -2.50. The van der Waals surface area contributed by atoms with E-state index in [0.29, 0.717) is 35.6 Å². The average molecular weight is 410 g/mol. The van der Waals surface area contributed by atoms with Crippen molar-refractivity contribution in [1.82, 2.24) is 20.5 Å². The van der Waals surface area contributed by atoms with Crippen LogP contribution in [0.5, 0.6) is 0 Å². The van der Waals surface area contributed by atoms with E-state index < -0.39 is 0 Å². The Morgan fingerprint density at radius 3 is 2.63 bits per heavy atom. The molecular weight excluding hydrogens is 371 g/mol. The van der Waals surface area contributed by atoms with Crippen LogP contribution in [0.25, 0.3) is 0 Å². The van der Waals surface area contributed by atoms with Gasteiger partial charge >= 0.3 is 0 Å². The molecule has 30 heavy (non-hydrogen) atoms. The van der Waals surface area contributed by atoms with Gasteiger partial charge in [-0.1, -0.05) is 40.0 Å². The minimum Gasteiger partial charge on any atom is -0.363 e. The first-order valence-corrected chi connectivity index (χ1v) is 12.3. The van der Waals surface area contributed by atoms with E-state index in [1.165, 1.54) is 62.6 Å². The zero-order chi connectivity index (χ0) is 20.9. The lowest BCUT2D eigenvalue weighted by molar-refractivity contribution is -0.0619. The predicted octanol–water partition coefficient (Wildman–Crippen LogP) is 4.15. The third-order valence-electron chi connectivity index (χ3n) is 9.22. The van der Waals surface area contributed by atoms with Gasteiger partial charge in [-0.15, -0.1) is 0 Å². The second-order valence-corrected chi connectivity index (χ2v) is 11.5. The quantitative estimate of drug-likeness (QED) is 0.546. The molecule has 3 saturated carbocycles. The topological polar surface area (TPSA) is 51.1 Å². The van der Waals surface area contributed by atoms with Crippen molar-refractivity contribution in [2.24, 2.45) is 16.7 Å². The first kappa shape index (κ1) is 21.0. The zero-order valence-corrected chi connectivity index (χ0v) is 19.2. The Balaban J connectivity index is 1.32. The second kappa shape index (κ2) is 7.93. The number of hydrogen-bond donors (Lipinski definition) is 2. The molecule has 0 amide bonds. The van der Waals surface area contributed by atoms with Crippen molar-refractivity contribution >= 4 is 7.98 Å². The van der Waals surface area contributed by atoms with Crippen molar-refractivity contribution in [3.8, 4) is 0 Å². The maximum atomic E-state index is 6.22. The second-order valence-electron chi connectivity index (χ2n) is 11.5. The summed E-state index contributed by atoms with van der Waals surface area (Å²) in [5, 5.41) is 8.14. The Hall–Kier alpha value is -0.845. The van der Waals surface area contributed by atoms with Crippen LogP contribution < -0.4 is 10.7 Å². The largest absolute Gasteiger partial charge is 0.363 e. The highest BCUT2D eigenvalue weighted by molar-refractivity contribution is 6.04. The number of rotatable bonds is 6. The van der Waals surface area contributed by atoms with Gasteiger partial charge in [0.15, 0.2) is 7.98 Å². The van der Waals surface area contributed by atoms with Crippen LogP contribution in [-0.2, 0) is 24.3 Å². The smallest absolute Gasteiger partial charge is 0.178 e. The molecule has 1 aromatic rings. The molecule has 2 N–H and O–H groups in total. The number of hydroxylamine groups is 1. The van der Waals surface area contributed by atoms with E-state index in [1.807, 2.05) is 0 Å². The highest BCUT2D eigenvalue weighted by Crippen LogP contribution is 2.62. The Morgan fingerprint density at radius 1 is 1.13 bits per heavy atom. The molecule has 6 heteroatoms. The van der Waals surface area contributed by atoms with Gasteiger partial charge in [-0.05, 0) is 68.1 Å². The number of fused-ring (bicyclic) bond motifs is 3. The molecule has 0 saturated heterocycles. The molecule has 2 radical (unpaired) electrons. The van der Waals surface area contributed by atoms with Gasteiger partial charge in [0.05, 0.1) is 11.7 Å². The maximum absolute atomic E-state index is 6.22. The molecule has 0 aliphatic heterocycles. The summed E-state index contributed by atoms with van der Waals surface area (Å²) in [7, 11) is 5.80. The molecule has 0 spiro atoms. The molecule has 1 aromatic heterocycles. The van der Waals surface area contributed by atoms with Gasteiger partial charge in [-0.2, -0.15) is 10.6 Å². The van der Waals surface area contributed by atoms with E-state index in [2.05, 4.69) is 36.2 Å². The average Bonchev–Trinajstić information content (AvgIpc) is 3.37. The highest BCUT2D eigenvalue weighted by atomic mass is 16.6. The Labute approximate surface area is 183 Å². The number of aromatic nitrogens is 2. The Kier molecular flexibility index (Phi) is 5.56. The van der Waals surface area contributed by atoms with Crippen molar-refractivity contribution in [2.45, 2.75) is 116 Å².